The summed E-state index contributed by atoms with van der Waals surface area (Å²) < 4.78 is 0. The van der Waals surface area contributed by atoms with Crippen LogP contribution in [-0.4, -0.2) is 42.4 Å². The maximum Gasteiger partial charge on any atom is 0.244 e. The van der Waals surface area contributed by atoms with Crippen molar-refractivity contribution in [3.05, 3.63) is 35.4 Å². The first kappa shape index (κ1) is 19.0. The molecule has 5 nitrogen and oxygen atoms in total. The van der Waals surface area contributed by atoms with Crippen LogP contribution in [0.5, 0.6) is 0 Å². The summed E-state index contributed by atoms with van der Waals surface area (Å²) in [6, 6.07) is 8.91. The number of halogens is 1. The van der Waals surface area contributed by atoms with Crippen LogP contribution >= 0.6 is 24.0 Å². The zero-order valence-electron chi connectivity index (χ0n) is 14.3. The average molecular weight is 442 g/mol. The van der Waals surface area contributed by atoms with Crippen molar-refractivity contribution in [3.63, 3.8) is 0 Å². The van der Waals surface area contributed by atoms with Gasteiger partial charge in [0.25, 0.3) is 0 Å². The quantitative estimate of drug-likeness (QED) is 0.418. The molecule has 0 unspecified atom stereocenters. The fourth-order valence-electron chi connectivity index (χ4n) is 2.77. The third-order valence-corrected chi connectivity index (χ3v) is 4.32. The lowest BCUT2D eigenvalue weighted by Crippen LogP contribution is -2.41. The van der Waals surface area contributed by atoms with Crippen LogP contribution in [0.25, 0.3) is 0 Å². The van der Waals surface area contributed by atoms with Crippen molar-refractivity contribution in [1.82, 2.24) is 15.5 Å². The first-order valence-electron chi connectivity index (χ1n) is 8.65. The van der Waals surface area contributed by atoms with E-state index in [9.17, 15) is 4.79 Å². The number of hydrogen-bond donors (Lipinski definition) is 2. The zero-order chi connectivity index (χ0) is 16.1. The summed E-state index contributed by atoms with van der Waals surface area (Å²) in [6.45, 7) is 4.72. The maximum absolute atomic E-state index is 12.5. The normalized spacial score (nSPS) is 16.9. The smallest absolute Gasteiger partial charge is 0.244 e. The molecule has 0 bridgehead atoms. The van der Waals surface area contributed by atoms with E-state index in [1.165, 1.54) is 24.0 Å². The summed E-state index contributed by atoms with van der Waals surface area (Å²) >= 11 is 0. The van der Waals surface area contributed by atoms with Gasteiger partial charge in [-0.15, -0.1) is 24.0 Å². The van der Waals surface area contributed by atoms with Gasteiger partial charge in [0.15, 0.2) is 5.96 Å². The van der Waals surface area contributed by atoms with Crippen LogP contribution in [0.4, 0.5) is 0 Å². The molecule has 24 heavy (non-hydrogen) atoms. The molecule has 3 rings (SSSR count). The van der Waals surface area contributed by atoms with Gasteiger partial charge in [0.05, 0.1) is 0 Å². The van der Waals surface area contributed by atoms with E-state index in [2.05, 4.69) is 40.7 Å². The number of carbonyl (C=O) groups is 1. The van der Waals surface area contributed by atoms with Crippen molar-refractivity contribution < 1.29 is 4.79 Å². The van der Waals surface area contributed by atoms with E-state index in [4.69, 9.17) is 0 Å². The molecule has 2 aliphatic rings. The third-order valence-electron chi connectivity index (χ3n) is 4.32. The second-order valence-electron chi connectivity index (χ2n) is 6.34. The molecule has 0 atom stereocenters. The summed E-state index contributed by atoms with van der Waals surface area (Å²) in [5.74, 6) is 0.882. The lowest BCUT2D eigenvalue weighted by Gasteiger charge is -2.28. The van der Waals surface area contributed by atoms with Crippen LogP contribution < -0.4 is 10.6 Å². The number of benzene rings is 1. The number of carbonyl (C=O) groups excluding carboxylic acids is 1. The molecular formula is C18H27IN4O. The average Bonchev–Trinajstić information content (AvgIpc) is 3.40. The fraction of sp³-hybridized carbons (Fsp3) is 0.556. The molecule has 1 aromatic carbocycles. The monoisotopic (exact) mass is 442 g/mol. The number of fused-ring (bicyclic) bond motifs is 1. The lowest BCUT2D eigenvalue weighted by molar-refractivity contribution is -0.130. The molecule has 0 spiro atoms. The second kappa shape index (κ2) is 9.25. The molecule has 1 aliphatic carbocycles. The second-order valence-corrected chi connectivity index (χ2v) is 6.34. The van der Waals surface area contributed by atoms with Gasteiger partial charge in [-0.3, -0.25) is 4.79 Å². The lowest BCUT2D eigenvalue weighted by atomic mass is 10.00. The van der Waals surface area contributed by atoms with Gasteiger partial charge in [0.1, 0.15) is 6.54 Å². The SMILES string of the molecule is CCCNC(=NCC(=O)N1CCc2ccccc2C1)NC1CC1.I. The zero-order valence-corrected chi connectivity index (χ0v) is 16.6. The Kier molecular flexibility index (Phi) is 7.33. The van der Waals surface area contributed by atoms with Crippen molar-refractivity contribution >= 4 is 35.8 Å². The van der Waals surface area contributed by atoms with E-state index >= 15 is 0 Å². The van der Waals surface area contributed by atoms with E-state index in [0.717, 1.165) is 31.9 Å². The summed E-state index contributed by atoms with van der Waals surface area (Å²) in [4.78, 5) is 18.8. The van der Waals surface area contributed by atoms with Gasteiger partial charge in [-0.05, 0) is 36.8 Å². The van der Waals surface area contributed by atoms with Crippen molar-refractivity contribution in [1.29, 1.82) is 0 Å². The summed E-state index contributed by atoms with van der Waals surface area (Å²) in [7, 11) is 0. The number of aliphatic imine (C=N–C) groups is 1. The Hall–Kier alpha value is -1.31. The summed E-state index contributed by atoms with van der Waals surface area (Å²) in [5, 5.41) is 6.65. The molecule has 0 aromatic heterocycles. The van der Waals surface area contributed by atoms with E-state index in [0.29, 0.717) is 12.6 Å². The molecule has 1 saturated carbocycles. The van der Waals surface area contributed by atoms with E-state index in [1.54, 1.807) is 0 Å². The molecule has 1 heterocycles. The van der Waals surface area contributed by atoms with Crippen molar-refractivity contribution in [2.75, 3.05) is 19.6 Å². The number of guanidine groups is 1. The molecular weight excluding hydrogens is 415 g/mol. The van der Waals surface area contributed by atoms with Gasteiger partial charge in [0, 0.05) is 25.7 Å². The largest absolute Gasteiger partial charge is 0.356 e. The van der Waals surface area contributed by atoms with E-state index < -0.39 is 0 Å². The maximum atomic E-state index is 12.5. The van der Waals surface area contributed by atoms with Crippen LogP contribution in [0.15, 0.2) is 29.3 Å². The highest BCUT2D eigenvalue weighted by atomic mass is 127. The van der Waals surface area contributed by atoms with E-state index in [1.807, 2.05) is 11.0 Å². The van der Waals surface area contributed by atoms with E-state index in [-0.39, 0.29) is 36.4 Å². The standard InChI is InChI=1S/C18H26N4O.HI/c1-2-10-19-18(21-16-7-8-16)20-12-17(23)22-11-9-14-5-3-4-6-15(14)13-22;/h3-6,16H,2,7-13H2,1H3,(H2,19,20,21);1H. The molecule has 1 fully saturated rings. The Morgan fingerprint density at radius 1 is 1.29 bits per heavy atom. The molecule has 2 N–H and O–H groups in total. The van der Waals surface area contributed by atoms with Crippen LogP contribution in [0.1, 0.15) is 37.3 Å². The number of hydrogen-bond acceptors (Lipinski definition) is 2. The molecule has 1 aromatic rings. The summed E-state index contributed by atoms with van der Waals surface area (Å²) in [6.07, 6.45) is 4.38. The predicted octanol–water partition coefficient (Wildman–Crippen LogP) is 2.30. The molecule has 1 amide bonds. The molecule has 0 radical (unpaired) electrons. The van der Waals surface area contributed by atoms with Crippen molar-refractivity contribution in [2.24, 2.45) is 4.99 Å². The highest BCUT2D eigenvalue weighted by Gasteiger charge is 2.23. The minimum absolute atomic E-state index is 0. The van der Waals surface area contributed by atoms with Crippen molar-refractivity contribution in [3.8, 4) is 0 Å². The number of amides is 1. The summed E-state index contributed by atoms with van der Waals surface area (Å²) in [5.41, 5.74) is 2.62. The predicted molar refractivity (Wildman–Crippen MR) is 108 cm³/mol. The van der Waals surface area contributed by atoms with Crippen LogP contribution in [-0.2, 0) is 17.8 Å². The minimum Gasteiger partial charge on any atom is -0.356 e. The fourth-order valence-corrected chi connectivity index (χ4v) is 2.77. The van der Waals surface area contributed by atoms with Crippen LogP contribution in [0.2, 0.25) is 0 Å². The molecule has 0 saturated heterocycles. The van der Waals surface area contributed by atoms with Gasteiger partial charge in [-0.2, -0.15) is 0 Å². The van der Waals surface area contributed by atoms with Crippen LogP contribution in [0.3, 0.4) is 0 Å². The highest BCUT2D eigenvalue weighted by Crippen LogP contribution is 2.19. The Morgan fingerprint density at radius 2 is 2.04 bits per heavy atom. The Bertz CT molecular complexity index is 586. The molecule has 6 heteroatoms. The van der Waals surface area contributed by atoms with Gasteiger partial charge in [-0.25, -0.2) is 4.99 Å². The number of rotatable bonds is 5. The number of nitrogens with zero attached hydrogens (tertiary/aromatic N) is 2. The van der Waals surface area contributed by atoms with Crippen LogP contribution in [0, 0.1) is 0 Å². The highest BCUT2D eigenvalue weighted by molar-refractivity contribution is 14.0. The number of nitrogens with one attached hydrogen (secondary N) is 2. The Labute approximate surface area is 161 Å². The van der Waals surface area contributed by atoms with Gasteiger partial charge >= 0.3 is 0 Å². The van der Waals surface area contributed by atoms with Gasteiger partial charge in [0.2, 0.25) is 5.91 Å². The van der Waals surface area contributed by atoms with Gasteiger partial charge in [-0.1, -0.05) is 31.2 Å². The molecule has 1 aliphatic heterocycles. The molecule has 132 valence electrons. The minimum atomic E-state index is 0. The first-order valence-corrected chi connectivity index (χ1v) is 8.65. The van der Waals surface area contributed by atoms with Crippen molar-refractivity contribution in [2.45, 2.75) is 45.2 Å². The van der Waals surface area contributed by atoms with Gasteiger partial charge < -0.3 is 15.5 Å². The topological polar surface area (TPSA) is 56.7 Å². The first-order chi connectivity index (χ1) is 11.3. The Morgan fingerprint density at radius 3 is 2.75 bits per heavy atom. The Balaban J connectivity index is 0.00000208. The third kappa shape index (κ3) is 5.36.